The predicted molar refractivity (Wildman–Crippen MR) is 75.3 cm³/mol. The van der Waals surface area contributed by atoms with Crippen molar-refractivity contribution in [3.8, 4) is 0 Å². The van der Waals surface area contributed by atoms with Crippen molar-refractivity contribution in [2.24, 2.45) is 11.3 Å². The zero-order valence-corrected chi connectivity index (χ0v) is 12.3. The molecule has 0 bridgehead atoms. The molecule has 0 aromatic heterocycles. The third kappa shape index (κ3) is 3.10. The van der Waals surface area contributed by atoms with Gasteiger partial charge in [0.2, 0.25) is 0 Å². The second kappa shape index (κ2) is 5.78. The van der Waals surface area contributed by atoms with Crippen molar-refractivity contribution >= 4 is 11.6 Å². The van der Waals surface area contributed by atoms with Crippen LogP contribution >= 0.6 is 11.6 Å². The van der Waals surface area contributed by atoms with Gasteiger partial charge in [-0.25, -0.2) is 8.78 Å². The van der Waals surface area contributed by atoms with Crippen molar-refractivity contribution in [1.29, 1.82) is 0 Å². The minimum Gasteiger partial charge on any atom is -0.207 e. The Labute approximate surface area is 119 Å². The number of hydrogen-bond donors (Lipinski definition) is 0. The van der Waals surface area contributed by atoms with Gasteiger partial charge in [0, 0.05) is 5.56 Å². The molecule has 1 unspecified atom stereocenters. The summed E-state index contributed by atoms with van der Waals surface area (Å²) >= 11 is 6.58. The Balaban J connectivity index is 2.33. The summed E-state index contributed by atoms with van der Waals surface area (Å²) in [4.78, 5) is 0. The first-order valence-corrected chi connectivity index (χ1v) is 7.47. The fourth-order valence-corrected chi connectivity index (χ4v) is 3.97. The molecule has 0 N–H and O–H groups in total. The smallest absolute Gasteiger partial charge is 0.128 e. The van der Waals surface area contributed by atoms with Gasteiger partial charge in [-0.15, -0.1) is 11.6 Å². The molecule has 0 radical (unpaired) electrons. The maximum absolute atomic E-state index is 13.9. The van der Waals surface area contributed by atoms with Crippen molar-refractivity contribution in [1.82, 2.24) is 0 Å². The molecule has 1 aromatic rings. The minimum absolute atomic E-state index is 0.0790. The number of alkyl halides is 1. The van der Waals surface area contributed by atoms with Gasteiger partial charge in [-0.2, -0.15) is 0 Å². The van der Waals surface area contributed by atoms with Gasteiger partial charge in [-0.1, -0.05) is 26.7 Å². The van der Waals surface area contributed by atoms with Gasteiger partial charge in [-0.05, 0) is 48.8 Å². The summed E-state index contributed by atoms with van der Waals surface area (Å²) in [6.45, 7) is 4.32. The van der Waals surface area contributed by atoms with E-state index in [0.717, 1.165) is 38.2 Å². The molecule has 2 rings (SSSR count). The van der Waals surface area contributed by atoms with E-state index in [4.69, 9.17) is 11.6 Å². The van der Waals surface area contributed by atoms with Crippen LogP contribution < -0.4 is 0 Å². The molecule has 0 nitrogen and oxygen atoms in total. The molecular formula is C16H21ClF2. The molecule has 0 saturated heterocycles. The minimum atomic E-state index is -0.437. The molecule has 1 fully saturated rings. The Kier molecular flexibility index (Phi) is 4.50. The normalized spacial score (nSPS) is 19.9. The van der Waals surface area contributed by atoms with Crippen LogP contribution in [0.4, 0.5) is 8.78 Å². The van der Waals surface area contributed by atoms with Gasteiger partial charge in [0.05, 0.1) is 5.38 Å². The second-order valence-corrected chi connectivity index (χ2v) is 6.63. The van der Waals surface area contributed by atoms with Crippen LogP contribution in [0.15, 0.2) is 18.2 Å². The lowest BCUT2D eigenvalue weighted by Gasteiger charge is -2.36. The van der Waals surface area contributed by atoms with E-state index >= 15 is 0 Å². The monoisotopic (exact) mass is 286 g/mol. The zero-order valence-electron chi connectivity index (χ0n) is 11.6. The highest BCUT2D eigenvalue weighted by molar-refractivity contribution is 6.21. The fourth-order valence-electron chi connectivity index (χ4n) is 3.49. The van der Waals surface area contributed by atoms with Crippen LogP contribution in [-0.2, 0) is 0 Å². The van der Waals surface area contributed by atoms with Crippen LogP contribution in [0.3, 0.4) is 0 Å². The van der Waals surface area contributed by atoms with Crippen LogP contribution in [0.5, 0.6) is 0 Å². The first kappa shape index (κ1) is 14.8. The van der Waals surface area contributed by atoms with E-state index in [0.29, 0.717) is 11.5 Å². The maximum atomic E-state index is 13.9. The van der Waals surface area contributed by atoms with Crippen LogP contribution in [0.25, 0.3) is 0 Å². The van der Waals surface area contributed by atoms with E-state index in [1.807, 2.05) is 0 Å². The Bertz CT molecular complexity index is 436. The summed E-state index contributed by atoms with van der Waals surface area (Å²) in [6.07, 6.45) is 5.25. The highest BCUT2D eigenvalue weighted by atomic mass is 35.5. The first-order valence-electron chi connectivity index (χ1n) is 7.04. The lowest BCUT2D eigenvalue weighted by atomic mass is 9.73. The molecule has 106 valence electrons. The van der Waals surface area contributed by atoms with Crippen molar-refractivity contribution in [2.75, 3.05) is 0 Å². The summed E-state index contributed by atoms with van der Waals surface area (Å²) in [5.41, 5.74) is 0.244. The summed E-state index contributed by atoms with van der Waals surface area (Å²) in [7, 11) is 0. The number of benzene rings is 1. The summed E-state index contributed by atoms with van der Waals surface area (Å²) in [6, 6.07) is 3.58. The van der Waals surface area contributed by atoms with Gasteiger partial charge < -0.3 is 0 Å². The molecule has 3 heteroatoms. The lowest BCUT2D eigenvalue weighted by Crippen LogP contribution is -2.25. The molecule has 0 spiro atoms. The van der Waals surface area contributed by atoms with Crippen LogP contribution in [-0.4, -0.2) is 0 Å². The standard InChI is InChI=1S/C16H21ClF2/c1-11(2)10-16(7-3-4-8-16)15(17)13-9-12(18)5-6-14(13)19/h5-6,9,11,15H,3-4,7-8,10H2,1-2H3. The third-order valence-electron chi connectivity index (χ3n) is 4.18. The van der Waals surface area contributed by atoms with Gasteiger partial charge in [0.15, 0.2) is 0 Å². The molecule has 0 aliphatic heterocycles. The van der Waals surface area contributed by atoms with E-state index < -0.39 is 17.0 Å². The lowest BCUT2D eigenvalue weighted by molar-refractivity contribution is 0.220. The third-order valence-corrected chi connectivity index (χ3v) is 4.88. The molecule has 1 saturated carbocycles. The molecule has 1 aromatic carbocycles. The zero-order chi connectivity index (χ0) is 14.0. The van der Waals surface area contributed by atoms with Crippen molar-refractivity contribution in [3.63, 3.8) is 0 Å². The van der Waals surface area contributed by atoms with Gasteiger partial charge in [-0.3, -0.25) is 0 Å². The van der Waals surface area contributed by atoms with E-state index in [-0.39, 0.29) is 5.41 Å². The summed E-state index contributed by atoms with van der Waals surface area (Å²) < 4.78 is 27.3. The van der Waals surface area contributed by atoms with Crippen LogP contribution in [0.1, 0.15) is 56.9 Å². The van der Waals surface area contributed by atoms with E-state index in [1.54, 1.807) is 0 Å². The molecule has 0 heterocycles. The topological polar surface area (TPSA) is 0 Å². The molecule has 0 amide bonds. The number of rotatable bonds is 4. The van der Waals surface area contributed by atoms with Crippen molar-refractivity contribution < 1.29 is 8.78 Å². The van der Waals surface area contributed by atoms with Crippen LogP contribution in [0, 0.1) is 23.0 Å². The number of halogens is 3. The largest absolute Gasteiger partial charge is 0.207 e. The SMILES string of the molecule is CC(C)CC1(C(Cl)c2cc(F)ccc2F)CCCC1. The Hall–Kier alpha value is -0.630. The molecule has 19 heavy (non-hydrogen) atoms. The second-order valence-electron chi connectivity index (χ2n) is 6.20. The average molecular weight is 287 g/mol. The summed E-state index contributed by atoms with van der Waals surface area (Å²) in [5.74, 6) is -0.299. The summed E-state index contributed by atoms with van der Waals surface area (Å²) in [5, 5.41) is -0.437. The number of hydrogen-bond acceptors (Lipinski definition) is 0. The molecule has 1 aliphatic rings. The first-order chi connectivity index (χ1) is 8.94. The van der Waals surface area contributed by atoms with Gasteiger partial charge in [0.25, 0.3) is 0 Å². The molecule has 1 atom stereocenters. The predicted octanol–water partition coefficient (Wildman–Crippen LogP) is 5.85. The Morgan fingerprint density at radius 2 is 1.84 bits per heavy atom. The highest BCUT2D eigenvalue weighted by Gasteiger charge is 2.42. The van der Waals surface area contributed by atoms with E-state index in [1.165, 1.54) is 12.1 Å². The Morgan fingerprint density at radius 1 is 1.21 bits per heavy atom. The quantitative estimate of drug-likeness (QED) is 0.609. The Morgan fingerprint density at radius 3 is 2.42 bits per heavy atom. The van der Waals surface area contributed by atoms with Crippen LogP contribution in [0.2, 0.25) is 0 Å². The average Bonchev–Trinajstić information content (AvgIpc) is 2.80. The van der Waals surface area contributed by atoms with Gasteiger partial charge >= 0.3 is 0 Å². The molecular weight excluding hydrogens is 266 g/mol. The van der Waals surface area contributed by atoms with Gasteiger partial charge in [0.1, 0.15) is 11.6 Å². The highest BCUT2D eigenvalue weighted by Crippen LogP contribution is 2.54. The maximum Gasteiger partial charge on any atom is 0.128 e. The molecule has 1 aliphatic carbocycles. The van der Waals surface area contributed by atoms with E-state index in [9.17, 15) is 8.78 Å². The van der Waals surface area contributed by atoms with Crippen molar-refractivity contribution in [2.45, 2.75) is 51.3 Å². The fraction of sp³-hybridized carbons (Fsp3) is 0.625. The van der Waals surface area contributed by atoms with Crippen molar-refractivity contribution in [3.05, 3.63) is 35.4 Å². The van der Waals surface area contributed by atoms with E-state index in [2.05, 4.69) is 13.8 Å².